The van der Waals surface area contributed by atoms with Gasteiger partial charge in [0.15, 0.2) is 5.13 Å². The molecule has 30 heavy (non-hydrogen) atoms. The molecule has 0 unspecified atom stereocenters. The van der Waals surface area contributed by atoms with Crippen LogP contribution in [0.5, 0.6) is 0 Å². The molecule has 156 valence electrons. The molecule has 0 spiro atoms. The van der Waals surface area contributed by atoms with Gasteiger partial charge in [-0.25, -0.2) is 22.9 Å². The van der Waals surface area contributed by atoms with E-state index in [9.17, 15) is 22.4 Å². The van der Waals surface area contributed by atoms with E-state index in [1.165, 1.54) is 59.9 Å². The number of nitrogens with two attached hydrogens (primary N) is 1. The summed E-state index contributed by atoms with van der Waals surface area (Å²) in [6.45, 7) is 0. The summed E-state index contributed by atoms with van der Waals surface area (Å²) in [5, 5.41) is 12.4. The smallest absolute Gasteiger partial charge is 0.257 e. The number of nitrogens with one attached hydrogen (secondary N) is 2. The summed E-state index contributed by atoms with van der Waals surface area (Å²) in [7, 11) is -3.79. The molecular formula is C19H17FN4O4S2. The predicted molar refractivity (Wildman–Crippen MR) is 111 cm³/mol. The molecule has 3 aromatic rings. The summed E-state index contributed by atoms with van der Waals surface area (Å²) < 4.78 is 35.4. The third kappa shape index (κ3) is 5.92. The maximum atomic E-state index is 12.9. The molecule has 0 saturated carbocycles. The Labute approximate surface area is 176 Å². The van der Waals surface area contributed by atoms with Crippen molar-refractivity contribution in [3.8, 4) is 0 Å². The molecule has 0 bridgehead atoms. The quantitative estimate of drug-likeness (QED) is 0.511. The van der Waals surface area contributed by atoms with Gasteiger partial charge in [-0.3, -0.25) is 14.9 Å². The Hall–Kier alpha value is -3.15. The Morgan fingerprint density at radius 2 is 1.70 bits per heavy atom. The topological polar surface area (TPSA) is 131 Å². The van der Waals surface area contributed by atoms with Crippen molar-refractivity contribution >= 4 is 44.0 Å². The first-order valence-corrected chi connectivity index (χ1v) is 11.1. The zero-order valence-corrected chi connectivity index (χ0v) is 17.1. The molecule has 2 aromatic carbocycles. The number of aromatic nitrogens is 1. The third-order valence-corrected chi connectivity index (χ3v) is 5.69. The third-order valence-electron chi connectivity index (χ3n) is 3.95. The predicted octanol–water partition coefficient (Wildman–Crippen LogP) is 2.75. The van der Waals surface area contributed by atoms with E-state index < -0.39 is 21.7 Å². The maximum absolute atomic E-state index is 12.9. The Balaban J connectivity index is 1.50. The average molecular weight is 449 g/mol. The molecule has 4 N–H and O–H groups in total. The first kappa shape index (κ1) is 21.6. The van der Waals surface area contributed by atoms with Crippen LogP contribution < -0.4 is 15.8 Å². The average Bonchev–Trinajstić information content (AvgIpc) is 3.14. The van der Waals surface area contributed by atoms with E-state index in [0.717, 1.165) is 0 Å². The number of carbonyl (C=O) groups excluding carboxylic acids is 2. The van der Waals surface area contributed by atoms with E-state index in [2.05, 4.69) is 15.6 Å². The molecule has 8 nitrogen and oxygen atoms in total. The van der Waals surface area contributed by atoms with Crippen LogP contribution in [0.25, 0.3) is 0 Å². The van der Waals surface area contributed by atoms with Gasteiger partial charge in [0, 0.05) is 23.1 Å². The summed E-state index contributed by atoms with van der Waals surface area (Å²) in [5.74, 6) is -1.11. The Morgan fingerprint density at radius 1 is 1.03 bits per heavy atom. The van der Waals surface area contributed by atoms with E-state index >= 15 is 0 Å². The van der Waals surface area contributed by atoms with Gasteiger partial charge < -0.3 is 5.32 Å². The molecule has 2 amide bonds. The number of anilines is 2. The number of thiazole rings is 1. The number of hydrogen-bond donors (Lipinski definition) is 3. The Bertz CT molecular complexity index is 1160. The van der Waals surface area contributed by atoms with Gasteiger partial charge in [-0.2, -0.15) is 0 Å². The van der Waals surface area contributed by atoms with E-state index in [1.807, 2.05) is 0 Å². The number of aryl methyl sites for hydroxylation is 1. The second-order valence-corrected chi connectivity index (χ2v) is 8.64. The van der Waals surface area contributed by atoms with Crippen molar-refractivity contribution in [2.24, 2.45) is 5.14 Å². The van der Waals surface area contributed by atoms with Crippen molar-refractivity contribution in [2.45, 2.75) is 17.7 Å². The second kappa shape index (κ2) is 9.11. The minimum absolute atomic E-state index is 0.0433. The van der Waals surface area contributed by atoms with Gasteiger partial charge in [0.2, 0.25) is 15.9 Å². The van der Waals surface area contributed by atoms with Gasteiger partial charge in [0.05, 0.1) is 10.6 Å². The zero-order valence-electron chi connectivity index (χ0n) is 15.5. The first-order valence-electron chi connectivity index (χ1n) is 8.65. The van der Waals surface area contributed by atoms with Crippen LogP contribution in [0, 0.1) is 5.82 Å². The van der Waals surface area contributed by atoms with Crippen LogP contribution >= 0.6 is 11.3 Å². The van der Waals surface area contributed by atoms with Gasteiger partial charge >= 0.3 is 0 Å². The van der Waals surface area contributed by atoms with Crippen LogP contribution in [0.3, 0.4) is 0 Å². The normalized spacial score (nSPS) is 11.1. The van der Waals surface area contributed by atoms with Crippen LogP contribution in [-0.4, -0.2) is 25.2 Å². The lowest BCUT2D eigenvalue weighted by atomic mass is 10.2. The van der Waals surface area contributed by atoms with Crippen molar-refractivity contribution in [1.29, 1.82) is 0 Å². The highest BCUT2D eigenvalue weighted by Crippen LogP contribution is 2.18. The lowest BCUT2D eigenvalue weighted by Gasteiger charge is -2.05. The van der Waals surface area contributed by atoms with Gasteiger partial charge in [0.25, 0.3) is 5.91 Å². The lowest BCUT2D eigenvalue weighted by molar-refractivity contribution is -0.116. The molecule has 1 heterocycles. The fourth-order valence-electron chi connectivity index (χ4n) is 2.44. The molecule has 0 aliphatic rings. The summed E-state index contributed by atoms with van der Waals surface area (Å²) >= 11 is 1.22. The number of benzene rings is 2. The fraction of sp³-hybridized carbons (Fsp3) is 0.105. The van der Waals surface area contributed by atoms with E-state index in [4.69, 9.17) is 5.14 Å². The molecule has 0 aliphatic carbocycles. The highest BCUT2D eigenvalue weighted by molar-refractivity contribution is 7.89. The number of rotatable bonds is 7. The highest BCUT2D eigenvalue weighted by Gasteiger charge is 2.11. The van der Waals surface area contributed by atoms with E-state index in [0.29, 0.717) is 28.5 Å². The molecule has 0 saturated heterocycles. The number of carbonyl (C=O) groups is 2. The van der Waals surface area contributed by atoms with E-state index in [-0.39, 0.29) is 17.2 Å². The van der Waals surface area contributed by atoms with E-state index in [1.54, 1.807) is 5.38 Å². The second-order valence-electron chi connectivity index (χ2n) is 6.22. The van der Waals surface area contributed by atoms with Gasteiger partial charge in [-0.05, 0) is 55.0 Å². The molecule has 0 radical (unpaired) electrons. The monoisotopic (exact) mass is 448 g/mol. The Morgan fingerprint density at radius 3 is 2.33 bits per heavy atom. The minimum atomic E-state index is -3.79. The number of sulfonamides is 1. The van der Waals surface area contributed by atoms with Gasteiger partial charge in [-0.1, -0.05) is 0 Å². The molecular weight excluding hydrogens is 431 g/mol. The molecule has 3 rings (SSSR count). The minimum Gasteiger partial charge on any atom is -0.326 e. The molecule has 0 atom stereocenters. The van der Waals surface area contributed by atoms with Crippen molar-refractivity contribution < 1.29 is 22.4 Å². The van der Waals surface area contributed by atoms with Crippen molar-refractivity contribution in [3.63, 3.8) is 0 Å². The number of nitrogens with zero attached hydrogens (tertiary/aromatic N) is 1. The van der Waals surface area contributed by atoms with Crippen molar-refractivity contribution in [1.82, 2.24) is 4.98 Å². The standard InChI is InChI=1S/C19H17FN4O4S2/c20-13-3-1-12(2-4-13)18(26)24-19-23-15(11-29-19)7-10-17(25)22-14-5-8-16(9-6-14)30(21,27)28/h1-6,8-9,11H,7,10H2,(H,22,25)(H2,21,27,28)(H,23,24,26). The van der Waals surface area contributed by atoms with Gasteiger partial charge in [0.1, 0.15) is 5.82 Å². The highest BCUT2D eigenvalue weighted by atomic mass is 32.2. The summed E-state index contributed by atoms with van der Waals surface area (Å²) in [5.41, 5.74) is 1.38. The van der Waals surface area contributed by atoms with Crippen molar-refractivity contribution in [3.05, 3.63) is 71.0 Å². The zero-order chi connectivity index (χ0) is 21.7. The fourth-order valence-corrected chi connectivity index (χ4v) is 3.70. The van der Waals surface area contributed by atoms with Crippen LogP contribution in [0.4, 0.5) is 15.2 Å². The molecule has 1 aromatic heterocycles. The molecule has 0 fully saturated rings. The van der Waals surface area contributed by atoms with Gasteiger partial charge in [-0.15, -0.1) is 11.3 Å². The SMILES string of the molecule is NS(=O)(=O)c1ccc(NC(=O)CCc2csc(NC(=O)c3ccc(F)cc3)n2)cc1. The first-order chi connectivity index (χ1) is 14.2. The summed E-state index contributed by atoms with van der Waals surface area (Å²) in [4.78, 5) is 28.4. The number of amides is 2. The maximum Gasteiger partial charge on any atom is 0.257 e. The number of halogens is 1. The van der Waals surface area contributed by atoms with Crippen LogP contribution in [0.15, 0.2) is 58.8 Å². The van der Waals surface area contributed by atoms with Crippen molar-refractivity contribution in [2.75, 3.05) is 10.6 Å². The number of primary sulfonamides is 1. The largest absolute Gasteiger partial charge is 0.326 e. The molecule has 11 heteroatoms. The lowest BCUT2D eigenvalue weighted by Crippen LogP contribution is -2.14. The van der Waals surface area contributed by atoms with Crippen LogP contribution in [0.1, 0.15) is 22.5 Å². The summed E-state index contributed by atoms with van der Waals surface area (Å²) in [6, 6.07) is 10.7. The summed E-state index contributed by atoms with van der Waals surface area (Å²) in [6.07, 6.45) is 0.496. The van der Waals surface area contributed by atoms with Crippen LogP contribution in [-0.2, 0) is 21.2 Å². The molecule has 0 aliphatic heterocycles. The number of hydrogen-bond acceptors (Lipinski definition) is 6. The Kier molecular flexibility index (Phi) is 6.55. The van der Waals surface area contributed by atoms with Crippen LogP contribution in [0.2, 0.25) is 0 Å².